The van der Waals surface area contributed by atoms with Crippen molar-refractivity contribution >= 4 is 11.9 Å². The highest BCUT2D eigenvalue weighted by molar-refractivity contribution is 5.76. The van der Waals surface area contributed by atoms with Gasteiger partial charge < -0.3 is 20.3 Å². The summed E-state index contributed by atoms with van der Waals surface area (Å²) in [5, 5.41) is 24.0. The quantitative estimate of drug-likeness (QED) is 0.576. The smallest absolute Gasteiger partial charge is 0.306 e. The second-order valence-corrected chi connectivity index (χ2v) is 12.3. The lowest BCUT2D eigenvalue weighted by Crippen LogP contribution is -2.83. The van der Waals surface area contributed by atoms with Gasteiger partial charge >= 0.3 is 5.97 Å². The van der Waals surface area contributed by atoms with Crippen LogP contribution in [0.3, 0.4) is 0 Å². The molecule has 8 nitrogen and oxygen atoms in total. The van der Waals surface area contributed by atoms with E-state index in [2.05, 4.69) is 21.2 Å². The van der Waals surface area contributed by atoms with Gasteiger partial charge in [0.25, 0.3) is 0 Å². The number of carboxylic acids is 1. The topological polar surface area (TPSA) is 102 Å². The summed E-state index contributed by atoms with van der Waals surface area (Å²) in [6.07, 6.45) is 7.26. The lowest BCUT2D eigenvalue weighted by Gasteiger charge is -2.67. The third kappa shape index (κ3) is 3.00. The predicted molar refractivity (Wildman–Crippen MR) is 132 cm³/mol. The Kier molecular flexibility index (Phi) is 4.98. The first kappa shape index (κ1) is 22.8. The van der Waals surface area contributed by atoms with Crippen LogP contribution in [0.4, 0.5) is 0 Å². The number of piperidine rings is 2. The van der Waals surface area contributed by atoms with Crippen LogP contribution in [0.15, 0.2) is 12.1 Å². The van der Waals surface area contributed by atoms with Crippen LogP contribution in [0.1, 0.15) is 63.0 Å². The summed E-state index contributed by atoms with van der Waals surface area (Å²) < 4.78 is 6.81. The molecule has 7 rings (SSSR count). The molecule has 3 heterocycles. The number of carboxylic acid groups (broad SMARTS) is 1. The van der Waals surface area contributed by atoms with Crippen molar-refractivity contribution in [2.24, 2.45) is 11.8 Å². The molecule has 1 aromatic rings. The number of amides is 1. The van der Waals surface area contributed by atoms with Crippen molar-refractivity contribution in [2.75, 3.05) is 26.2 Å². The molecule has 36 heavy (non-hydrogen) atoms. The fraction of sp³-hybridized carbons (Fsp3) is 0.714. The normalized spacial score (nSPS) is 37.8. The van der Waals surface area contributed by atoms with Crippen molar-refractivity contribution < 1.29 is 24.5 Å². The molecule has 0 aromatic heterocycles. The number of phenols is 1. The number of nitrogens with zero attached hydrogens (tertiary/aromatic N) is 2. The van der Waals surface area contributed by atoms with Crippen molar-refractivity contribution in [3.8, 4) is 11.5 Å². The highest BCUT2D eigenvalue weighted by Gasteiger charge is 2.74. The number of hydrogen-bond donors (Lipinski definition) is 3. The van der Waals surface area contributed by atoms with Crippen LogP contribution in [-0.4, -0.2) is 81.8 Å². The van der Waals surface area contributed by atoms with E-state index in [9.17, 15) is 19.8 Å². The van der Waals surface area contributed by atoms with Gasteiger partial charge in [-0.3, -0.25) is 19.4 Å². The van der Waals surface area contributed by atoms with E-state index in [0.29, 0.717) is 18.6 Å². The van der Waals surface area contributed by atoms with Gasteiger partial charge in [0.2, 0.25) is 5.91 Å². The Labute approximate surface area is 212 Å². The summed E-state index contributed by atoms with van der Waals surface area (Å²) >= 11 is 0. The number of ether oxygens (including phenoxy) is 1. The number of carbonyl (C=O) groups is 2. The molecular formula is C28H37N3O5. The van der Waals surface area contributed by atoms with Crippen LogP contribution >= 0.6 is 0 Å². The van der Waals surface area contributed by atoms with E-state index in [1.54, 1.807) is 13.0 Å². The molecule has 3 aliphatic heterocycles. The largest absolute Gasteiger partial charge is 0.504 e. The number of benzene rings is 1. The van der Waals surface area contributed by atoms with Crippen molar-refractivity contribution in [2.45, 2.75) is 87.4 Å². The minimum atomic E-state index is -0.696. The van der Waals surface area contributed by atoms with Gasteiger partial charge in [0.05, 0.1) is 16.9 Å². The first-order valence-electron chi connectivity index (χ1n) is 13.9. The fourth-order valence-corrected chi connectivity index (χ4v) is 8.92. The van der Waals surface area contributed by atoms with Gasteiger partial charge in [-0.15, -0.1) is 0 Å². The first-order valence-corrected chi connectivity index (χ1v) is 13.9. The zero-order valence-corrected chi connectivity index (χ0v) is 21.0. The highest BCUT2D eigenvalue weighted by atomic mass is 16.5. The molecule has 4 fully saturated rings. The molecule has 3 N–H and O–H groups in total. The van der Waals surface area contributed by atoms with Gasteiger partial charge in [0.15, 0.2) is 11.5 Å². The van der Waals surface area contributed by atoms with Gasteiger partial charge in [0.1, 0.15) is 6.10 Å². The lowest BCUT2D eigenvalue weighted by molar-refractivity contribution is -0.146. The van der Waals surface area contributed by atoms with Crippen molar-refractivity contribution in [1.82, 2.24) is 15.1 Å². The van der Waals surface area contributed by atoms with Gasteiger partial charge in [0, 0.05) is 31.1 Å². The van der Waals surface area contributed by atoms with Crippen LogP contribution in [0.5, 0.6) is 11.5 Å². The number of aliphatic carboxylic acids is 1. The molecule has 0 radical (unpaired) electrons. The average molecular weight is 496 g/mol. The minimum Gasteiger partial charge on any atom is -0.504 e. The second-order valence-electron chi connectivity index (χ2n) is 12.3. The molecule has 3 aliphatic carbocycles. The van der Waals surface area contributed by atoms with E-state index in [1.165, 1.54) is 18.4 Å². The summed E-state index contributed by atoms with van der Waals surface area (Å²) in [7, 11) is 0. The number of carbonyl (C=O) groups excluding carboxylic acids is 1. The predicted octanol–water partition coefficient (Wildman–Crippen LogP) is 2.27. The Hall–Kier alpha value is -2.32. The number of likely N-dealkylation sites (tertiary alicyclic amines) is 2. The third-order valence-electron chi connectivity index (χ3n) is 10.5. The zero-order valence-electron chi connectivity index (χ0n) is 21.0. The molecule has 194 valence electrons. The zero-order chi connectivity index (χ0) is 24.8. The van der Waals surface area contributed by atoms with Crippen LogP contribution < -0.4 is 10.1 Å². The standard InChI is InChI=1S/C28H37N3O5/c1-16(32)29-28-9-6-20(30-11-7-18(8-12-30)26(34)35)25-27(28)10-13-31(15-17-2-3-17)22(28)14-19-4-5-21(33)24(36-25)23(19)27/h4-5,17-18,20,22,25,33H,2-3,6-15H2,1H3,(H,29,32)(H,34,35)/t20-,22-,25+,27+,28-/m1/s1. The first-order chi connectivity index (χ1) is 17.3. The minimum absolute atomic E-state index is 0.00386. The summed E-state index contributed by atoms with van der Waals surface area (Å²) in [4.78, 5) is 29.5. The van der Waals surface area contributed by atoms with Crippen molar-refractivity contribution in [1.29, 1.82) is 0 Å². The lowest BCUT2D eigenvalue weighted by atomic mass is 9.46. The van der Waals surface area contributed by atoms with E-state index in [-0.39, 0.29) is 35.8 Å². The Bertz CT molecular complexity index is 1110. The van der Waals surface area contributed by atoms with E-state index >= 15 is 0 Å². The van der Waals surface area contributed by atoms with E-state index in [1.807, 2.05) is 0 Å². The van der Waals surface area contributed by atoms with Crippen molar-refractivity contribution in [3.05, 3.63) is 23.3 Å². The third-order valence-corrected chi connectivity index (χ3v) is 10.5. The number of phenolic OH excluding ortho intramolecular Hbond substituents is 1. The SMILES string of the molecule is CC(=O)N[C@@]12CC[C@@H](N3CCC(C(=O)O)CC3)[C@@H]3Oc4c(O)ccc5c4[C@@]31CCN(CC1CC1)[C@@H]2C5. The molecule has 8 heteroatoms. The van der Waals surface area contributed by atoms with Crippen LogP contribution in [0, 0.1) is 11.8 Å². The maximum Gasteiger partial charge on any atom is 0.306 e. The maximum absolute atomic E-state index is 12.8. The monoisotopic (exact) mass is 495 g/mol. The number of aromatic hydroxyl groups is 1. The Morgan fingerprint density at radius 2 is 1.89 bits per heavy atom. The van der Waals surface area contributed by atoms with Crippen LogP contribution in [0.25, 0.3) is 0 Å². The summed E-state index contributed by atoms with van der Waals surface area (Å²) in [6.45, 7) is 5.21. The average Bonchev–Trinajstić information content (AvgIpc) is 3.59. The summed E-state index contributed by atoms with van der Waals surface area (Å²) in [6, 6.07) is 4.20. The van der Waals surface area contributed by atoms with Crippen molar-refractivity contribution in [3.63, 3.8) is 0 Å². The summed E-state index contributed by atoms with van der Waals surface area (Å²) in [5.74, 6) is 0.615. The Balaban J connectivity index is 1.33. The number of nitrogens with one attached hydrogen (secondary N) is 1. The molecule has 6 aliphatic rings. The van der Waals surface area contributed by atoms with E-state index < -0.39 is 16.9 Å². The molecular weight excluding hydrogens is 458 g/mol. The Morgan fingerprint density at radius 3 is 2.58 bits per heavy atom. The molecule has 2 saturated heterocycles. The molecule has 5 atom stereocenters. The van der Waals surface area contributed by atoms with Crippen LogP contribution in [-0.2, 0) is 21.4 Å². The molecule has 2 saturated carbocycles. The number of rotatable bonds is 5. The molecule has 0 unspecified atom stereocenters. The molecule has 1 spiro atoms. The van der Waals surface area contributed by atoms with E-state index in [0.717, 1.165) is 63.3 Å². The van der Waals surface area contributed by atoms with Gasteiger partial charge in [-0.1, -0.05) is 6.07 Å². The molecule has 1 amide bonds. The molecule has 1 aromatic carbocycles. The van der Waals surface area contributed by atoms with Gasteiger partial charge in [-0.05, 0) is 88.5 Å². The van der Waals surface area contributed by atoms with E-state index in [4.69, 9.17) is 4.74 Å². The van der Waals surface area contributed by atoms with Crippen LogP contribution in [0.2, 0.25) is 0 Å². The second kappa shape index (κ2) is 7.84. The summed E-state index contributed by atoms with van der Waals surface area (Å²) in [5.41, 5.74) is 1.56. The van der Waals surface area contributed by atoms with Gasteiger partial charge in [-0.25, -0.2) is 0 Å². The highest BCUT2D eigenvalue weighted by Crippen LogP contribution is 2.66. The number of hydrogen-bond acceptors (Lipinski definition) is 6. The molecule has 2 bridgehead atoms. The fourth-order valence-electron chi connectivity index (χ4n) is 8.92. The van der Waals surface area contributed by atoms with Gasteiger partial charge in [-0.2, -0.15) is 0 Å². The Morgan fingerprint density at radius 1 is 1.11 bits per heavy atom. The maximum atomic E-state index is 12.8.